The molecule has 4 heteroatoms. The van der Waals surface area contributed by atoms with E-state index in [4.69, 9.17) is 16.2 Å². The molecule has 0 saturated carbocycles. The van der Waals surface area contributed by atoms with Gasteiger partial charge in [-0.25, -0.2) is 0 Å². The van der Waals surface area contributed by atoms with E-state index in [2.05, 4.69) is 0 Å². The molecule has 4 N–H and O–H groups in total. The van der Waals surface area contributed by atoms with Gasteiger partial charge in [0.1, 0.15) is 12.4 Å². The number of hydrogen-bond donors (Lipinski definition) is 2. The average molecular weight is 242 g/mol. The van der Waals surface area contributed by atoms with Crippen LogP contribution >= 0.6 is 0 Å². The van der Waals surface area contributed by atoms with E-state index in [9.17, 15) is 4.79 Å². The number of nitrogen functional groups attached to an aromatic ring is 1. The fourth-order valence-corrected chi connectivity index (χ4v) is 1.65. The molecule has 0 spiro atoms. The van der Waals surface area contributed by atoms with Crippen molar-refractivity contribution >= 4 is 11.6 Å². The van der Waals surface area contributed by atoms with Gasteiger partial charge in [-0.05, 0) is 18.2 Å². The number of carbonyl (C=O) groups excluding carboxylic acids is 1. The summed E-state index contributed by atoms with van der Waals surface area (Å²) in [6.07, 6.45) is 0. The molecule has 0 radical (unpaired) electrons. The van der Waals surface area contributed by atoms with E-state index < -0.39 is 5.91 Å². The van der Waals surface area contributed by atoms with E-state index in [1.807, 2.05) is 24.3 Å². The predicted octanol–water partition coefficient (Wildman–Crippen LogP) is 1.95. The van der Waals surface area contributed by atoms with E-state index in [1.54, 1.807) is 24.3 Å². The van der Waals surface area contributed by atoms with Gasteiger partial charge in [-0.15, -0.1) is 0 Å². The molecule has 0 unspecified atom stereocenters. The molecule has 0 aliphatic carbocycles. The Morgan fingerprint density at radius 1 is 1.11 bits per heavy atom. The van der Waals surface area contributed by atoms with Crippen LogP contribution in [0.3, 0.4) is 0 Å². The Bertz CT molecular complexity index is 567. The normalized spacial score (nSPS) is 10.0. The molecule has 2 aromatic carbocycles. The Labute approximate surface area is 105 Å². The van der Waals surface area contributed by atoms with Crippen molar-refractivity contribution in [2.45, 2.75) is 6.61 Å². The first-order valence-electron chi connectivity index (χ1n) is 5.53. The summed E-state index contributed by atoms with van der Waals surface area (Å²) in [5, 5.41) is 0. The van der Waals surface area contributed by atoms with Gasteiger partial charge >= 0.3 is 0 Å². The lowest BCUT2D eigenvalue weighted by atomic mass is 10.1. The summed E-state index contributed by atoms with van der Waals surface area (Å²) >= 11 is 0. The summed E-state index contributed by atoms with van der Waals surface area (Å²) in [7, 11) is 0. The summed E-state index contributed by atoms with van der Waals surface area (Å²) in [4.78, 5) is 11.2. The highest BCUT2D eigenvalue weighted by molar-refractivity contribution is 5.94. The lowest BCUT2D eigenvalue weighted by Crippen LogP contribution is -2.14. The molecule has 0 atom stereocenters. The topological polar surface area (TPSA) is 78.3 Å². The van der Waals surface area contributed by atoms with Crippen molar-refractivity contribution in [1.82, 2.24) is 0 Å². The van der Waals surface area contributed by atoms with Gasteiger partial charge in [-0.2, -0.15) is 0 Å². The lowest BCUT2D eigenvalue weighted by molar-refractivity contribution is 0.0998. The van der Waals surface area contributed by atoms with Crippen LogP contribution in [0.25, 0.3) is 0 Å². The Morgan fingerprint density at radius 2 is 1.89 bits per heavy atom. The molecular weight excluding hydrogens is 228 g/mol. The first kappa shape index (κ1) is 12.0. The van der Waals surface area contributed by atoms with Gasteiger partial charge < -0.3 is 16.2 Å². The van der Waals surface area contributed by atoms with Gasteiger partial charge in [0.05, 0.1) is 0 Å². The molecule has 0 fully saturated rings. The van der Waals surface area contributed by atoms with Crippen LogP contribution in [0, 0.1) is 0 Å². The predicted molar refractivity (Wildman–Crippen MR) is 70.1 cm³/mol. The summed E-state index contributed by atoms with van der Waals surface area (Å²) in [6.45, 7) is 0.280. The van der Waals surface area contributed by atoms with Crippen molar-refractivity contribution in [2.75, 3.05) is 5.73 Å². The zero-order valence-corrected chi connectivity index (χ0v) is 9.80. The van der Waals surface area contributed by atoms with Gasteiger partial charge in [0.25, 0.3) is 0 Å². The molecule has 0 bridgehead atoms. The monoisotopic (exact) mass is 242 g/mol. The lowest BCUT2D eigenvalue weighted by Gasteiger charge is -2.09. The average Bonchev–Trinajstić information content (AvgIpc) is 2.37. The molecule has 0 aromatic heterocycles. The zero-order valence-electron chi connectivity index (χ0n) is 9.80. The second kappa shape index (κ2) is 5.23. The molecule has 1 amide bonds. The van der Waals surface area contributed by atoms with E-state index >= 15 is 0 Å². The summed E-state index contributed by atoms with van der Waals surface area (Å²) in [5.41, 5.74) is 12.8. The third-order valence-electron chi connectivity index (χ3n) is 2.54. The molecular formula is C14H14N2O2. The molecule has 92 valence electrons. The quantitative estimate of drug-likeness (QED) is 0.804. The third kappa shape index (κ3) is 2.79. The second-order valence-electron chi connectivity index (χ2n) is 3.88. The Balaban J connectivity index is 2.13. The van der Waals surface area contributed by atoms with E-state index in [-0.39, 0.29) is 6.61 Å². The summed E-state index contributed by atoms with van der Waals surface area (Å²) < 4.78 is 5.58. The Morgan fingerprint density at radius 3 is 2.61 bits per heavy atom. The fraction of sp³-hybridized carbons (Fsp3) is 0.0714. The van der Waals surface area contributed by atoms with Crippen LogP contribution < -0.4 is 16.2 Å². The standard InChI is InChI=1S/C14H14N2O2/c15-11-5-3-6-12(8-11)18-9-10-4-1-2-7-13(10)14(16)17/h1-8H,9,15H2,(H2,16,17). The maximum Gasteiger partial charge on any atom is 0.249 e. The highest BCUT2D eigenvalue weighted by atomic mass is 16.5. The first-order chi connectivity index (χ1) is 8.66. The Kier molecular flexibility index (Phi) is 3.48. The van der Waals surface area contributed by atoms with Crippen molar-refractivity contribution < 1.29 is 9.53 Å². The number of hydrogen-bond acceptors (Lipinski definition) is 3. The maximum absolute atomic E-state index is 11.2. The van der Waals surface area contributed by atoms with Crippen LogP contribution in [0.1, 0.15) is 15.9 Å². The molecule has 18 heavy (non-hydrogen) atoms. The largest absolute Gasteiger partial charge is 0.489 e. The molecule has 0 heterocycles. The van der Waals surface area contributed by atoms with Crippen LogP contribution in [-0.4, -0.2) is 5.91 Å². The van der Waals surface area contributed by atoms with Crippen molar-refractivity contribution in [2.24, 2.45) is 5.73 Å². The minimum Gasteiger partial charge on any atom is -0.489 e. The molecule has 0 saturated heterocycles. The van der Waals surface area contributed by atoms with Crippen molar-refractivity contribution in [3.8, 4) is 5.75 Å². The van der Waals surface area contributed by atoms with Crippen molar-refractivity contribution in [3.05, 3.63) is 59.7 Å². The third-order valence-corrected chi connectivity index (χ3v) is 2.54. The minimum absolute atomic E-state index is 0.280. The molecule has 4 nitrogen and oxygen atoms in total. The first-order valence-corrected chi connectivity index (χ1v) is 5.53. The number of primary amides is 1. The molecule has 0 aliphatic rings. The van der Waals surface area contributed by atoms with Crippen LogP contribution in [0.5, 0.6) is 5.75 Å². The number of anilines is 1. The number of carbonyl (C=O) groups is 1. The van der Waals surface area contributed by atoms with Crippen LogP contribution in [0.15, 0.2) is 48.5 Å². The van der Waals surface area contributed by atoms with Crippen LogP contribution in [-0.2, 0) is 6.61 Å². The molecule has 2 aromatic rings. The summed E-state index contributed by atoms with van der Waals surface area (Å²) in [6, 6.07) is 14.2. The SMILES string of the molecule is NC(=O)c1ccccc1COc1cccc(N)c1. The number of nitrogens with two attached hydrogens (primary N) is 2. The highest BCUT2D eigenvalue weighted by Gasteiger charge is 2.07. The van der Waals surface area contributed by atoms with Gasteiger partial charge in [0.15, 0.2) is 0 Å². The number of ether oxygens (including phenoxy) is 1. The van der Waals surface area contributed by atoms with E-state index in [0.717, 1.165) is 5.56 Å². The molecule has 0 aliphatic heterocycles. The van der Waals surface area contributed by atoms with Crippen molar-refractivity contribution in [3.63, 3.8) is 0 Å². The minimum atomic E-state index is -0.457. The number of rotatable bonds is 4. The number of benzene rings is 2. The maximum atomic E-state index is 11.2. The second-order valence-corrected chi connectivity index (χ2v) is 3.88. The van der Waals surface area contributed by atoms with Crippen LogP contribution in [0.4, 0.5) is 5.69 Å². The zero-order chi connectivity index (χ0) is 13.0. The van der Waals surface area contributed by atoms with Gasteiger partial charge in [-0.1, -0.05) is 24.3 Å². The van der Waals surface area contributed by atoms with Gasteiger partial charge in [0, 0.05) is 22.9 Å². The fourth-order valence-electron chi connectivity index (χ4n) is 1.65. The van der Waals surface area contributed by atoms with Gasteiger partial charge in [0.2, 0.25) is 5.91 Å². The van der Waals surface area contributed by atoms with E-state index in [0.29, 0.717) is 17.0 Å². The van der Waals surface area contributed by atoms with Crippen molar-refractivity contribution in [1.29, 1.82) is 0 Å². The van der Waals surface area contributed by atoms with Crippen LogP contribution in [0.2, 0.25) is 0 Å². The van der Waals surface area contributed by atoms with E-state index in [1.165, 1.54) is 0 Å². The van der Waals surface area contributed by atoms with Gasteiger partial charge in [-0.3, -0.25) is 4.79 Å². The summed E-state index contributed by atoms with van der Waals surface area (Å²) in [5.74, 6) is 0.205. The smallest absolute Gasteiger partial charge is 0.249 e. The number of amides is 1. The Hall–Kier alpha value is -2.49. The molecule has 2 rings (SSSR count). The highest BCUT2D eigenvalue weighted by Crippen LogP contribution is 2.17.